The van der Waals surface area contributed by atoms with Gasteiger partial charge in [-0.3, -0.25) is 9.59 Å². The van der Waals surface area contributed by atoms with Crippen LogP contribution in [0, 0.1) is 0 Å². The van der Waals surface area contributed by atoms with E-state index in [0.29, 0.717) is 24.3 Å². The fraction of sp³-hybridized carbons (Fsp3) is 0.619. The summed E-state index contributed by atoms with van der Waals surface area (Å²) in [7, 11) is 0. The molecule has 0 aromatic heterocycles. The molecule has 1 heterocycles. The van der Waals surface area contributed by atoms with Crippen molar-refractivity contribution < 1.29 is 19.4 Å². The summed E-state index contributed by atoms with van der Waals surface area (Å²) in [6.45, 7) is 8.11. The number of carbonyl (C=O) groups excluding carboxylic acids is 1. The van der Waals surface area contributed by atoms with Crippen molar-refractivity contribution in [2.45, 2.75) is 84.2 Å². The number of carboxylic acid groups (broad SMARTS) is 1. The molecular formula is C21H31NO4. The molecule has 26 heavy (non-hydrogen) atoms. The highest BCUT2D eigenvalue weighted by molar-refractivity contribution is 5.98. The first kappa shape index (κ1) is 20.3. The number of unbranched alkanes of at least 4 members (excludes halogenated alkanes) is 3. The molecule has 1 aromatic rings. The van der Waals surface area contributed by atoms with Crippen LogP contribution in [0.25, 0.3) is 0 Å². The monoisotopic (exact) mass is 361 g/mol. The van der Waals surface area contributed by atoms with E-state index >= 15 is 0 Å². The smallest absolute Gasteiger partial charge is 0.310 e. The van der Waals surface area contributed by atoms with Gasteiger partial charge in [-0.1, -0.05) is 47.0 Å². The molecule has 144 valence electrons. The maximum atomic E-state index is 12.4. The first-order valence-electron chi connectivity index (χ1n) is 9.77. The zero-order valence-electron chi connectivity index (χ0n) is 16.3. The van der Waals surface area contributed by atoms with E-state index < -0.39 is 18.0 Å². The van der Waals surface area contributed by atoms with Crippen molar-refractivity contribution >= 4 is 17.6 Å². The minimum Gasteiger partial charge on any atom is -0.481 e. The van der Waals surface area contributed by atoms with E-state index in [1.807, 2.05) is 26.8 Å². The quantitative estimate of drug-likeness (QED) is 0.603. The highest BCUT2D eigenvalue weighted by Gasteiger charge is 2.30. The number of carboxylic acids is 1. The number of fused-ring (bicyclic) bond motifs is 1. The van der Waals surface area contributed by atoms with Crippen LogP contribution in [0.4, 0.5) is 5.69 Å². The second-order valence-corrected chi connectivity index (χ2v) is 7.38. The topological polar surface area (TPSA) is 75.6 Å². The van der Waals surface area contributed by atoms with Crippen molar-refractivity contribution in [2.75, 3.05) is 5.32 Å². The first-order valence-corrected chi connectivity index (χ1v) is 9.77. The lowest BCUT2D eigenvalue weighted by atomic mass is 9.86. The summed E-state index contributed by atoms with van der Waals surface area (Å²) < 4.78 is 5.98. The average Bonchev–Trinajstić information content (AvgIpc) is 2.58. The van der Waals surface area contributed by atoms with Gasteiger partial charge in [-0.05, 0) is 48.4 Å². The lowest BCUT2D eigenvalue weighted by Crippen LogP contribution is -2.37. The third-order valence-electron chi connectivity index (χ3n) is 5.03. The number of ether oxygens (including phenoxy) is 1. The van der Waals surface area contributed by atoms with E-state index in [1.54, 1.807) is 6.07 Å². The van der Waals surface area contributed by atoms with Gasteiger partial charge in [0.05, 0.1) is 11.6 Å². The number of hydrogen-bond acceptors (Lipinski definition) is 3. The minimum absolute atomic E-state index is 0.138. The van der Waals surface area contributed by atoms with Crippen molar-refractivity contribution in [3.63, 3.8) is 0 Å². The average molecular weight is 361 g/mol. The second-order valence-electron chi connectivity index (χ2n) is 7.38. The molecule has 0 spiro atoms. The number of anilines is 1. The van der Waals surface area contributed by atoms with Gasteiger partial charge in [-0.15, -0.1) is 0 Å². The molecule has 5 heteroatoms. The number of carbonyl (C=O) groups is 2. The van der Waals surface area contributed by atoms with Gasteiger partial charge in [0.15, 0.2) is 6.10 Å². The molecule has 2 atom stereocenters. The van der Waals surface area contributed by atoms with E-state index in [2.05, 4.69) is 12.2 Å². The third-order valence-corrected chi connectivity index (χ3v) is 5.03. The molecule has 0 aliphatic carbocycles. The molecule has 0 bridgehead atoms. The van der Waals surface area contributed by atoms with E-state index in [9.17, 15) is 14.7 Å². The van der Waals surface area contributed by atoms with Crippen molar-refractivity contribution in [3.05, 3.63) is 23.3 Å². The second kappa shape index (κ2) is 9.06. The summed E-state index contributed by atoms with van der Waals surface area (Å²) >= 11 is 0. The van der Waals surface area contributed by atoms with Gasteiger partial charge < -0.3 is 15.2 Å². The van der Waals surface area contributed by atoms with Gasteiger partial charge >= 0.3 is 5.97 Å². The molecule has 0 saturated heterocycles. The van der Waals surface area contributed by atoms with Gasteiger partial charge in [-0.2, -0.15) is 0 Å². The summed E-state index contributed by atoms with van der Waals surface area (Å²) in [5, 5.41) is 12.5. The Morgan fingerprint density at radius 2 is 1.92 bits per heavy atom. The van der Waals surface area contributed by atoms with Crippen LogP contribution < -0.4 is 10.1 Å². The summed E-state index contributed by atoms with van der Waals surface area (Å²) in [5.41, 5.74) is 2.32. The zero-order valence-corrected chi connectivity index (χ0v) is 16.3. The Balaban J connectivity index is 2.29. The molecule has 1 aromatic carbocycles. The first-order chi connectivity index (χ1) is 12.4. The van der Waals surface area contributed by atoms with E-state index in [1.165, 1.54) is 6.42 Å². The molecule has 0 saturated carbocycles. The standard InChI is InChI=1S/C21H31NO4/c1-5-7-8-9-10-18-20(23)22-17-11-16(14(6-2)21(24)25)15(13(3)4)12-19(17)26-18/h11-14,18H,5-10H2,1-4H3,(H,22,23)(H,24,25). The van der Waals surface area contributed by atoms with Crippen LogP contribution in [0.3, 0.4) is 0 Å². The number of aliphatic carboxylic acids is 1. The van der Waals surface area contributed by atoms with Gasteiger partial charge in [0.2, 0.25) is 0 Å². The van der Waals surface area contributed by atoms with Crippen molar-refractivity contribution in [3.8, 4) is 5.75 Å². The SMILES string of the molecule is CCCCCCC1Oc2cc(C(C)C)c(C(CC)C(=O)O)cc2NC1=O. The zero-order chi connectivity index (χ0) is 19.3. The van der Waals surface area contributed by atoms with Gasteiger partial charge in [0.1, 0.15) is 5.75 Å². The molecule has 0 fully saturated rings. The van der Waals surface area contributed by atoms with Gasteiger partial charge in [0.25, 0.3) is 5.91 Å². The number of nitrogens with one attached hydrogen (secondary N) is 1. The number of hydrogen-bond donors (Lipinski definition) is 2. The van der Waals surface area contributed by atoms with Crippen LogP contribution >= 0.6 is 0 Å². The van der Waals surface area contributed by atoms with Crippen LogP contribution in [0.2, 0.25) is 0 Å². The molecule has 2 N–H and O–H groups in total. The minimum atomic E-state index is -0.841. The molecule has 5 nitrogen and oxygen atoms in total. The molecule has 0 radical (unpaired) electrons. The van der Waals surface area contributed by atoms with Crippen LogP contribution in [0.1, 0.15) is 89.2 Å². The Labute approximate surface area is 156 Å². The van der Waals surface area contributed by atoms with Crippen molar-refractivity contribution in [2.24, 2.45) is 0 Å². The Morgan fingerprint density at radius 1 is 1.19 bits per heavy atom. The lowest BCUT2D eigenvalue weighted by Gasteiger charge is -2.29. The predicted molar refractivity (Wildman–Crippen MR) is 103 cm³/mol. The van der Waals surface area contributed by atoms with E-state index in [4.69, 9.17) is 4.74 Å². The highest BCUT2D eigenvalue weighted by atomic mass is 16.5. The normalized spacial score (nSPS) is 17.4. The predicted octanol–water partition coefficient (Wildman–Crippen LogP) is 5.06. The van der Waals surface area contributed by atoms with Gasteiger partial charge in [0, 0.05) is 0 Å². The lowest BCUT2D eigenvalue weighted by molar-refractivity contribution is -0.138. The number of benzene rings is 1. The van der Waals surface area contributed by atoms with E-state index in [-0.39, 0.29) is 11.8 Å². The summed E-state index contributed by atoms with van der Waals surface area (Å²) in [5.74, 6) is -0.737. The Hall–Kier alpha value is -2.04. The fourth-order valence-corrected chi connectivity index (χ4v) is 3.50. The van der Waals surface area contributed by atoms with Crippen LogP contribution in [0.15, 0.2) is 12.1 Å². The Kier molecular flexibility index (Phi) is 7.06. The molecular weight excluding hydrogens is 330 g/mol. The van der Waals surface area contributed by atoms with Crippen LogP contribution in [-0.2, 0) is 9.59 Å². The van der Waals surface area contributed by atoms with Crippen molar-refractivity contribution in [1.29, 1.82) is 0 Å². The molecule has 2 rings (SSSR count). The summed E-state index contributed by atoms with van der Waals surface area (Å²) in [4.78, 5) is 24.0. The molecule has 1 aliphatic heterocycles. The van der Waals surface area contributed by atoms with E-state index in [0.717, 1.165) is 30.4 Å². The van der Waals surface area contributed by atoms with Crippen LogP contribution in [0.5, 0.6) is 5.75 Å². The van der Waals surface area contributed by atoms with Crippen LogP contribution in [-0.4, -0.2) is 23.1 Å². The fourth-order valence-electron chi connectivity index (χ4n) is 3.50. The number of rotatable bonds is 9. The third kappa shape index (κ3) is 4.57. The van der Waals surface area contributed by atoms with Gasteiger partial charge in [-0.25, -0.2) is 0 Å². The molecule has 1 aliphatic rings. The Morgan fingerprint density at radius 3 is 2.50 bits per heavy atom. The maximum absolute atomic E-state index is 12.4. The highest BCUT2D eigenvalue weighted by Crippen LogP contribution is 2.39. The summed E-state index contributed by atoms with van der Waals surface area (Å²) in [6.07, 6.45) is 5.13. The largest absolute Gasteiger partial charge is 0.481 e. The summed E-state index contributed by atoms with van der Waals surface area (Å²) in [6, 6.07) is 3.71. The molecule has 2 unspecified atom stereocenters. The Bertz CT molecular complexity index is 654. The molecule has 1 amide bonds. The maximum Gasteiger partial charge on any atom is 0.310 e. The van der Waals surface area contributed by atoms with Crippen molar-refractivity contribution in [1.82, 2.24) is 0 Å². The number of amides is 1.